The number of halogens is 2. The molecule has 1 aromatic rings. The maximum Gasteiger partial charge on any atom is 0.317 e. The second-order valence-electron chi connectivity index (χ2n) is 4.45. The highest BCUT2D eigenvalue weighted by Crippen LogP contribution is 2.37. The molecule has 0 saturated heterocycles. The smallest absolute Gasteiger partial charge is 0.289 e. The molecule has 1 heterocycles. The Hall–Kier alpha value is -1.17. The van der Waals surface area contributed by atoms with Gasteiger partial charge in [0.05, 0.1) is 0 Å². The molecule has 0 aromatic carbocycles. The number of carbonyl (C=O) groups excluding carboxylic acids is 1. The average molecular weight is 274 g/mol. The molecule has 0 spiro atoms. The summed E-state index contributed by atoms with van der Waals surface area (Å²) in [6, 6.07) is 3.83. The van der Waals surface area contributed by atoms with Crippen molar-refractivity contribution in [1.29, 1.82) is 0 Å². The maximum absolute atomic E-state index is 12.0. The Labute approximate surface area is 109 Å². The van der Waals surface area contributed by atoms with Gasteiger partial charge in [-0.15, -0.1) is 11.3 Å². The summed E-state index contributed by atoms with van der Waals surface area (Å²) in [5.41, 5.74) is 4.51. The Morgan fingerprint density at radius 1 is 1.28 bits per heavy atom. The first kappa shape index (κ1) is 13.3. The SMILES string of the molecule is O=C(NNc1ccc(C2CCCCC2)s1)C(F)F. The van der Waals surface area contributed by atoms with E-state index in [1.807, 2.05) is 17.6 Å². The molecule has 0 unspecified atom stereocenters. The summed E-state index contributed by atoms with van der Waals surface area (Å²) in [4.78, 5) is 12.0. The van der Waals surface area contributed by atoms with Gasteiger partial charge in [0, 0.05) is 4.88 Å². The highest BCUT2D eigenvalue weighted by atomic mass is 32.1. The summed E-state index contributed by atoms with van der Waals surface area (Å²) in [5.74, 6) is -0.715. The Balaban J connectivity index is 1.87. The van der Waals surface area contributed by atoms with Gasteiger partial charge in [-0.2, -0.15) is 8.78 Å². The molecule has 1 fully saturated rings. The topological polar surface area (TPSA) is 41.1 Å². The van der Waals surface area contributed by atoms with Crippen molar-refractivity contribution >= 4 is 22.2 Å². The van der Waals surface area contributed by atoms with Crippen LogP contribution in [0.3, 0.4) is 0 Å². The number of alkyl halides is 2. The maximum atomic E-state index is 12.0. The quantitative estimate of drug-likeness (QED) is 0.825. The van der Waals surface area contributed by atoms with Gasteiger partial charge < -0.3 is 0 Å². The van der Waals surface area contributed by atoms with E-state index < -0.39 is 12.3 Å². The Morgan fingerprint density at radius 2 is 2.00 bits per heavy atom. The van der Waals surface area contributed by atoms with Crippen molar-refractivity contribution in [2.75, 3.05) is 5.43 Å². The lowest BCUT2D eigenvalue weighted by atomic mass is 9.88. The number of hydrogen-bond donors (Lipinski definition) is 2. The van der Waals surface area contributed by atoms with Crippen LogP contribution < -0.4 is 10.9 Å². The van der Waals surface area contributed by atoms with Crippen LogP contribution in [0.4, 0.5) is 13.8 Å². The van der Waals surface area contributed by atoms with E-state index in [0.717, 1.165) is 0 Å². The monoisotopic (exact) mass is 274 g/mol. The van der Waals surface area contributed by atoms with Crippen LogP contribution >= 0.6 is 11.3 Å². The second-order valence-corrected chi connectivity index (χ2v) is 5.57. The summed E-state index contributed by atoms with van der Waals surface area (Å²) in [5, 5.41) is 0.699. The number of hydrogen-bond acceptors (Lipinski definition) is 3. The molecule has 1 saturated carbocycles. The van der Waals surface area contributed by atoms with E-state index in [9.17, 15) is 13.6 Å². The molecular formula is C12H16F2N2OS. The van der Waals surface area contributed by atoms with Crippen LogP contribution in [-0.2, 0) is 4.79 Å². The van der Waals surface area contributed by atoms with Gasteiger partial charge in [0.25, 0.3) is 0 Å². The van der Waals surface area contributed by atoms with Gasteiger partial charge >= 0.3 is 12.3 Å². The number of carbonyl (C=O) groups is 1. The molecule has 1 aromatic heterocycles. The number of anilines is 1. The molecule has 2 N–H and O–H groups in total. The van der Waals surface area contributed by atoms with Gasteiger partial charge in [-0.1, -0.05) is 19.3 Å². The van der Waals surface area contributed by atoms with Crippen LogP contribution in [0.25, 0.3) is 0 Å². The Kier molecular flexibility index (Phi) is 4.52. The van der Waals surface area contributed by atoms with Crippen molar-refractivity contribution < 1.29 is 13.6 Å². The third kappa shape index (κ3) is 3.41. The minimum Gasteiger partial charge on any atom is -0.289 e. The molecule has 0 aliphatic heterocycles. The molecule has 18 heavy (non-hydrogen) atoms. The molecule has 2 rings (SSSR count). The fraction of sp³-hybridized carbons (Fsp3) is 0.583. The van der Waals surface area contributed by atoms with Crippen molar-refractivity contribution in [2.24, 2.45) is 0 Å². The molecule has 0 bridgehead atoms. The van der Waals surface area contributed by atoms with Crippen molar-refractivity contribution in [3.05, 3.63) is 17.0 Å². The third-order valence-electron chi connectivity index (χ3n) is 3.14. The van der Waals surface area contributed by atoms with E-state index in [0.29, 0.717) is 10.9 Å². The van der Waals surface area contributed by atoms with Crippen LogP contribution in [0, 0.1) is 0 Å². The zero-order valence-electron chi connectivity index (χ0n) is 9.92. The van der Waals surface area contributed by atoms with Crippen LogP contribution in [0.15, 0.2) is 12.1 Å². The van der Waals surface area contributed by atoms with E-state index in [1.54, 1.807) is 0 Å². The molecule has 1 aliphatic rings. The van der Waals surface area contributed by atoms with Gasteiger partial charge in [-0.05, 0) is 30.9 Å². The highest BCUT2D eigenvalue weighted by molar-refractivity contribution is 7.16. The molecule has 3 nitrogen and oxygen atoms in total. The summed E-state index contributed by atoms with van der Waals surface area (Å²) < 4.78 is 24.0. The number of thiophene rings is 1. The van der Waals surface area contributed by atoms with Crippen LogP contribution in [0.5, 0.6) is 0 Å². The lowest BCUT2D eigenvalue weighted by Crippen LogP contribution is -2.33. The summed E-state index contributed by atoms with van der Waals surface area (Å²) in [6.07, 6.45) is 3.22. The van der Waals surface area contributed by atoms with Crippen molar-refractivity contribution in [3.63, 3.8) is 0 Å². The number of rotatable bonds is 4. The molecular weight excluding hydrogens is 258 g/mol. The van der Waals surface area contributed by atoms with Crippen molar-refractivity contribution in [1.82, 2.24) is 5.43 Å². The number of hydrazine groups is 1. The first-order valence-corrected chi connectivity index (χ1v) is 6.92. The summed E-state index contributed by atoms with van der Waals surface area (Å²) in [7, 11) is 0. The summed E-state index contributed by atoms with van der Waals surface area (Å²) in [6.45, 7) is 0. The molecule has 6 heteroatoms. The van der Waals surface area contributed by atoms with Gasteiger partial charge in [0.15, 0.2) is 0 Å². The summed E-state index contributed by atoms with van der Waals surface area (Å²) >= 11 is 1.52. The Morgan fingerprint density at radius 3 is 2.67 bits per heavy atom. The van der Waals surface area contributed by atoms with Crippen molar-refractivity contribution in [2.45, 2.75) is 44.4 Å². The molecule has 1 aliphatic carbocycles. The fourth-order valence-electron chi connectivity index (χ4n) is 2.20. The predicted molar refractivity (Wildman–Crippen MR) is 67.9 cm³/mol. The highest BCUT2D eigenvalue weighted by Gasteiger charge is 2.18. The van der Waals surface area contributed by atoms with Crippen LogP contribution in [0.2, 0.25) is 0 Å². The van der Waals surface area contributed by atoms with Gasteiger partial charge in [-0.3, -0.25) is 15.6 Å². The van der Waals surface area contributed by atoms with Gasteiger partial charge in [-0.25, -0.2) is 0 Å². The lowest BCUT2D eigenvalue weighted by molar-refractivity contribution is -0.131. The first-order chi connectivity index (χ1) is 8.66. The zero-order chi connectivity index (χ0) is 13.0. The van der Waals surface area contributed by atoms with E-state index in [4.69, 9.17) is 0 Å². The number of nitrogens with one attached hydrogen (secondary N) is 2. The van der Waals surface area contributed by atoms with Crippen LogP contribution in [-0.4, -0.2) is 12.3 Å². The largest absolute Gasteiger partial charge is 0.317 e. The molecule has 100 valence electrons. The van der Waals surface area contributed by atoms with E-state index in [1.165, 1.54) is 48.3 Å². The third-order valence-corrected chi connectivity index (χ3v) is 4.30. The standard InChI is InChI=1S/C12H16F2N2OS/c13-11(14)12(17)16-15-10-7-6-9(18-10)8-4-2-1-3-5-8/h6-8,11,15H,1-5H2,(H,16,17). The zero-order valence-corrected chi connectivity index (χ0v) is 10.7. The average Bonchev–Trinajstić information content (AvgIpc) is 2.85. The van der Waals surface area contributed by atoms with Crippen LogP contribution in [0.1, 0.15) is 42.9 Å². The minimum absolute atomic E-state index is 0.588. The number of amides is 1. The fourth-order valence-corrected chi connectivity index (χ4v) is 3.23. The second kappa shape index (κ2) is 6.13. The first-order valence-electron chi connectivity index (χ1n) is 6.10. The van der Waals surface area contributed by atoms with E-state index in [-0.39, 0.29) is 0 Å². The lowest BCUT2D eigenvalue weighted by Gasteiger charge is -2.19. The van der Waals surface area contributed by atoms with E-state index in [2.05, 4.69) is 5.43 Å². The normalized spacial score (nSPS) is 16.8. The molecule has 0 radical (unpaired) electrons. The van der Waals surface area contributed by atoms with E-state index >= 15 is 0 Å². The van der Waals surface area contributed by atoms with Gasteiger partial charge in [0.1, 0.15) is 5.00 Å². The molecule has 0 atom stereocenters. The van der Waals surface area contributed by atoms with Crippen molar-refractivity contribution in [3.8, 4) is 0 Å². The minimum atomic E-state index is -2.99. The Bertz CT molecular complexity index is 403. The molecule has 1 amide bonds. The predicted octanol–water partition coefficient (Wildman–Crippen LogP) is 3.50. The van der Waals surface area contributed by atoms with Gasteiger partial charge in [0.2, 0.25) is 0 Å².